The lowest BCUT2D eigenvalue weighted by atomic mass is 10.0. The van der Waals surface area contributed by atoms with Gasteiger partial charge < -0.3 is 5.32 Å². The predicted molar refractivity (Wildman–Crippen MR) is 87.5 cm³/mol. The van der Waals surface area contributed by atoms with Gasteiger partial charge in [-0.25, -0.2) is 0 Å². The molecule has 0 aromatic heterocycles. The van der Waals surface area contributed by atoms with E-state index < -0.39 is 0 Å². The minimum absolute atomic E-state index is 0.191. The molecule has 0 aliphatic carbocycles. The molecule has 6 heteroatoms. The molecule has 2 nitrogen and oxygen atoms in total. The standard InChI is InChI=1S/C13H13Cl3N2S/c1-7-6-13(2,3)17-12(19)18(7)11-9(15)4-8(14)5-10(11)16/h4-6H,1-3H3,(H,17,19). The average molecular weight is 336 g/mol. The van der Waals surface area contributed by atoms with Crippen molar-refractivity contribution in [2.75, 3.05) is 4.90 Å². The van der Waals surface area contributed by atoms with Crippen molar-refractivity contribution in [1.82, 2.24) is 5.32 Å². The molecular formula is C13H13Cl3N2S. The Morgan fingerprint density at radius 1 is 1.16 bits per heavy atom. The summed E-state index contributed by atoms with van der Waals surface area (Å²) in [4.78, 5) is 1.82. The monoisotopic (exact) mass is 334 g/mol. The van der Waals surface area contributed by atoms with Crippen molar-refractivity contribution < 1.29 is 0 Å². The van der Waals surface area contributed by atoms with E-state index in [1.807, 2.05) is 25.7 Å². The van der Waals surface area contributed by atoms with Gasteiger partial charge in [0.2, 0.25) is 0 Å². The highest BCUT2D eigenvalue weighted by Gasteiger charge is 2.29. The van der Waals surface area contributed by atoms with E-state index in [0.717, 1.165) is 5.70 Å². The van der Waals surface area contributed by atoms with Crippen LogP contribution < -0.4 is 10.2 Å². The number of thiocarbonyl (C=S) groups is 1. The van der Waals surface area contributed by atoms with E-state index in [0.29, 0.717) is 25.9 Å². The lowest BCUT2D eigenvalue weighted by molar-refractivity contribution is 0.560. The number of rotatable bonds is 1. The van der Waals surface area contributed by atoms with Crippen LogP contribution in [-0.4, -0.2) is 10.7 Å². The summed E-state index contributed by atoms with van der Waals surface area (Å²) >= 11 is 23.8. The molecule has 0 bridgehead atoms. The van der Waals surface area contributed by atoms with E-state index >= 15 is 0 Å². The van der Waals surface area contributed by atoms with Crippen LogP contribution in [0.25, 0.3) is 0 Å². The minimum Gasteiger partial charge on any atom is -0.354 e. The molecule has 19 heavy (non-hydrogen) atoms. The number of allylic oxidation sites excluding steroid dienone is 1. The summed E-state index contributed by atoms with van der Waals surface area (Å²) in [6.45, 7) is 6.06. The van der Waals surface area contributed by atoms with E-state index in [9.17, 15) is 0 Å². The van der Waals surface area contributed by atoms with Crippen molar-refractivity contribution in [2.24, 2.45) is 0 Å². The summed E-state index contributed by atoms with van der Waals surface area (Å²) in [5.74, 6) is 0. The van der Waals surface area contributed by atoms with E-state index in [2.05, 4.69) is 11.4 Å². The Bertz CT molecular complexity index is 558. The van der Waals surface area contributed by atoms with Gasteiger partial charge in [0, 0.05) is 10.7 Å². The Labute approximate surface area is 133 Å². The van der Waals surface area contributed by atoms with Crippen LogP contribution in [0, 0.1) is 0 Å². The van der Waals surface area contributed by atoms with Crippen LogP contribution in [-0.2, 0) is 0 Å². The topological polar surface area (TPSA) is 15.3 Å². The first kappa shape index (κ1) is 14.9. The highest BCUT2D eigenvalue weighted by atomic mass is 35.5. The quantitative estimate of drug-likeness (QED) is 0.725. The van der Waals surface area contributed by atoms with Crippen LogP contribution in [0.3, 0.4) is 0 Å². The molecule has 0 fully saturated rings. The molecule has 0 atom stereocenters. The maximum absolute atomic E-state index is 6.24. The van der Waals surface area contributed by atoms with Gasteiger partial charge in [0.25, 0.3) is 0 Å². The number of hydrogen-bond acceptors (Lipinski definition) is 1. The average Bonchev–Trinajstić information content (AvgIpc) is 2.18. The number of anilines is 1. The van der Waals surface area contributed by atoms with Gasteiger partial charge in [0.1, 0.15) is 0 Å². The van der Waals surface area contributed by atoms with E-state index in [4.69, 9.17) is 47.0 Å². The summed E-state index contributed by atoms with van der Waals surface area (Å²) in [6, 6.07) is 3.31. The fourth-order valence-electron chi connectivity index (χ4n) is 2.14. The summed E-state index contributed by atoms with van der Waals surface area (Å²) in [5, 5.41) is 5.23. The molecule has 1 aromatic rings. The Balaban J connectivity index is 2.57. The fraction of sp³-hybridized carbons (Fsp3) is 0.308. The molecule has 0 saturated heterocycles. The first-order chi connectivity index (χ1) is 8.71. The zero-order valence-electron chi connectivity index (χ0n) is 10.7. The van der Waals surface area contributed by atoms with Gasteiger partial charge in [0.15, 0.2) is 5.11 Å². The third kappa shape index (κ3) is 3.00. The van der Waals surface area contributed by atoms with Crippen LogP contribution >= 0.6 is 47.0 Å². The molecule has 1 heterocycles. The molecule has 2 rings (SSSR count). The number of benzene rings is 1. The van der Waals surface area contributed by atoms with E-state index in [1.54, 1.807) is 12.1 Å². The van der Waals surface area contributed by atoms with Crippen LogP contribution in [0.2, 0.25) is 15.1 Å². The van der Waals surface area contributed by atoms with Crippen molar-refractivity contribution in [3.05, 3.63) is 39.0 Å². The zero-order chi connectivity index (χ0) is 14.4. The number of hydrogen-bond donors (Lipinski definition) is 1. The molecule has 0 spiro atoms. The Kier molecular flexibility index (Phi) is 4.03. The molecule has 1 aliphatic rings. The zero-order valence-corrected chi connectivity index (χ0v) is 13.8. The molecule has 0 radical (unpaired) electrons. The van der Waals surface area contributed by atoms with E-state index in [-0.39, 0.29) is 5.54 Å². The van der Waals surface area contributed by atoms with Crippen molar-refractivity contribution >= 4 is 57.8 Å². The summed E-state index contributed by atoms with van der Waals surface area (Å²) in [7, 11) is 0. The molecular weight excluding hydrogens is 323 g/mol. The van der Waals surface area contributed by atoms with Crippen LogP contribution in [0.1, 0.15) is 20.8 Å². The predicted octanol–water partition coefficient (Wildman–Crippen LogP) is 5.02. The highest BCUT2D eigenvalue weighted by Crippen LogP contribution is 2.39. The third-order valence-electron chi connectivity index (χ3n) is 2.76. The Morgan fingerprint density at radius 2 is 1.68 bits per heavy atom. The molecule has 1 N–H and O–H groups in total. The van der Waals surface area contributed by atoms with Gasteiger partial charge in [-0.05, 0) is 51.2 Å². The first-order valence-corrected chi connectivity index (χ1v) is 7.22. The van der Waals surface area contributed by atoms with Gasteiger partial charge in [-0.1, -0.05) is 34.8 Å². The fourth-order valence-corrected chi connectivity index (χ4v) is 3.62. The van der Waals surface area contributed by atoms with Crippen molar-refractivity contribution in [3.63, 3.8) is 0 Å². The Hall–Kier alpha value is -0.480. The number of halogens is 3. The summed E-state index contributed by atoms with van der Waals surface area (Å²) in [6.07, 6.45) is 2.07. The minimum atomic E-state index is -0.191. The van der Waals surface area contributed by atoms with Gasteiger partial charge in [0.05, 0.1) is 21.3 Å². The number of nitrogens with one attached hydrogen (secondary N) is 1. The second-order valence-electron chi connectivity index (χ2n) is 4.99. The third-order valence-corrected chi connectivity index (χ3v) is 3.84. The highest BCUT2D eigenvalue weighted by molar-refractivity contribution is 7.80. The SMILES string of the molecule is CC1=CC(C)(C)NC(=S)N1c1c(Cl)cc(Cl)cc1Cl. The largest absolute Gasteiger partial charge is 0.354 e. The maximum atomic E-state index is 6.24. The lowest BCUT2D eigenvalue weighted by Gasteiger charge is -2.38. The molecule has 1 aliphatic heterocycles. The summed E-state index contributed by atoms with van der Waals surface area (Å²) in [5.41, 5.74) is 1.43. The molecule has 0 unspecified atom stereocenters. The van der Waals surface area contributed by atoms with Crippen molar-refractivity contribution in [3.8, 4) is 0 Å². The molecule has 1 aromatic carbocycles. The summed E-state index contributed by atoms with van der Waals surface area (Å²) < 4.78 is 0. The maximum Gasteiger partial charge on any atom is 0.178 e. The Morgan fingerprint density at radius 3 is 2.16 bits per heavy atom. The van der Waals surface area contributed by atoms with Gasteiger partial charge >= 0.3 is 0 Å². The van der Waals surface area contributed by atoms with Crippen LogP contribution in [0.5, 0.6) is 0 Å². The van der Waals surface area contributed by atoms with Gasteiger partial charge in [-0.3, -0.25) is 4.90 Å². The van der Waals surface area contributed by atoms with Crippen molar-refractivity contribution in [1.29, 1.82) is 0 Å². The second-order valence-corrected chi connectivity index (χ2v) is 6.63. The smallest absolute Gasteiger partial charge is 0.178 e. The van der Waals surface area contributed by atoms with Crippen molar-refractivity contribution in [2.45, 2.75) is 26.3 Å². The molecule has 0 saturated carbocycles. The molecule has 102 valence electrons. The second kappa shape index (κ2) is 5.13. The van der Waals surface area contributed by atoms with E-state index in [1.165, 1.54) is 0 Å². The normalized spacial score (nSPS) is 18.1. The van der Waals surface area contributed by atoms with Crippen LogP contribution in [0.15, 0.2) is 23.9 Å². The van der Waals surface area contributed by atoms with Gasteiger partial charge in [-0.2, -0.15) is 0 Å². The van der Waals surface area contributed by atoms with Crippen LogP contribution in [0.4, 0.5) is 5.69 Å². The number of nitrogens with zero attached hydrogens (tertiary/aromatic N) is 1. The molecule has 0 amide bonds. The lowest BCUT2D eigenvalue weighted by Crippen LogP contribution is -2.53. The first-order valence-electron chi connectivity index (χ1n) is 5.67. The van der Waals surface area contributed by atoms with Gasteiger partial charge in [-0.15, -0.1) is 0 Å².